The van der Waals surface area contributed by atoms with Crippen molar-refractivity contribution in [1.82, 2.24) is 29.4 Å². The monoisotopic (exact) mass is 687 g/mol. The van der Waals surface area contributed by atoms with Crippen molar-refractivity contribution in [3.8, 4) is 11.4 Å². The Morgan fingerprint density at radius 1 is 0.651 bits per heavy atom. The number of benzene rings is 2. The molecule has 2 heterocycles. The third kappa shape index (κ3) is 12.9. The van der Waals surface area contributed by atoms with E-state index in [2.05, 4.69) is 53.8 Å². The lowest BCUT2D eigenvalue weighted by Gasteiger charge is -2.17. The summed E-state index contributed by atoms with van der Waals surface area (Å²) in [5.74, 6) is 1.22. The molecule has 0 unspecified atom stereocenters. The minimum Gasteiger partial charge on any atom is -0.382 e. The molecule has 0 radical (unpaired) electrons. The van der Waals surface area contributed by atoms with Crippen LogP contribution in [0.2, 0.25) is 20.1 Å². The molecule has 0 aliphatic rings. The second-order valence-electron chi connectivity index (χ2n) is 9.48. The Kier molecular flexibility index (Phi) is 17.4. The molecule has 43 heavy (non-hydrogen) atoms. The molecule has 236 valence electrons. The van der Waals surface area contributed by atoms with Gasteiger partial charge in [0.15, 0.2) is 0 Å². The fraction of sp³-hybridized carbons (Fsp3) is 0.419. The van der Waals surface area contributed by atoms with E-state index in [1.54, 1.807) is 35.1 Å². The summed E-state index contributed by atoms with van der Waals surface area (Å²) in [6.45, 7) is 15.3. The Bertz CT molecular complexity index is 1350. The largest absolute Gasteiger partial charge is 0.382 e. The standard InChI is InChI=1S/C16H21Cl2N3.C9H7Cl2N3.C6H14ClN/c1-3-20(4-2)10-5-6-13-9-11-21(19-13)14-7-8-15(17)16(18)12-14;10-7-2-1-6(5-8(7)11)14-4-3-9(12)13-14;1-3-8(4-2)6-5-7/h7-9,11-12H,3-6,10H2,1-2H3;1-5H,(H2,12,13);3-6H2,1-2H3. The van der Waals surface area contributed by atoms with Crippen LogP contribution in [-0.2, 0) is 6.42 Å². The van der Waals surface area contributed by atoms with E-state index in [0.717, 1.165) is 75.1 Å². The number of nitrogens with two attached hydrogens (primary N) is 1. The van der Waals surface area contributed by atoms with Gasteiger partial charge >= 0.3 is 0 Å². The highest BCUT2D eigenvalue weighted by Gasteiger charge is 2.06. The number of aromatic nitrogens is 4. The van der Waals surface area contributed by atoms with Crippen LogP contribution >= 0.6 is 58.0 Å². The van der Waals surface area contributed by atoms with Crippen molar-refractivity contribution in [3.63, 3.8) is 0 Å². The maximum Gasteiger partial charge on any atom is 0.145 e. The molecule has 0 aliphatic carbocycles. The van der Waals surface area contributed by atoms with E-state index in [1.807, 2.05) is 29.1 Å². The number of hydrogen-bond donors (Lipinski definition) is 1. The molecule has 0 atom stereocenters. The number of hydrogen-bond acceptors (Lipinski definition) is 5. The van der Waals surface area contributed by atoms with Crippen LogP contribution < -0.4 is 5.73 Å². The fourth-order valence-corrected chi connectivity index (χ4v) is 4.88. The van der Waals surface area contributed by atoms with E-state index in [4.69, 9.17) is 63.7 Å². The molecule has 2 aromatic carbocycles. The van der Waals surface area contributed by atoms with Crippen LogP contribution in [0, 0.1) is 0 Å². The molecule has 2 N–H and O–H groups in total. The maximum atomic E-state index is 6.04. The smallest absolute Gasteiger partial charge is 0.145 e. The van der Waals surface area contributed by atoms with Gasteiger partial charge in [-0.05, 0) is 88.0 Å². The van der Waals surface area contributed by atoms with Gasteiger partial charge in [-0.25, -0.2) is 9.36 Å². The van der Waals surface area contributed by atoms with Gasteiger partial charge in [0.25, 0.3) is 0 Å². The van der Waals surface area contributed by atoms with Gasteiger partial charge in [0.1, 0.15) is 5.82 Å². The molecule has 0 amide bonds. The number of aryl methyl sites for hydroxylation is 1. The molecule has 7 nitrogen and oxygen atoms in total. The summed E-state index contributed by atoms with van der Waals surface area (Å²) in [5.41, 5.74) is 8.36. The van der Waals surface area contributed by atoms with E-state index in [0.29, 0.717) is 25.9 Å². The lowest BCUT2D eigenvalue weighted by atomic mass is 10.2. The number of nitrogen functional groups attached to an aromatic ring is 1. The highest BCUT2D eigenvalue weighted by molar-refractivity contribution is 6.42. The van der Waals surface area contributed by atoms with Gasteiger partial charge in [-0.2, -0.15) is 10.2 Å². The minimum atomic E-state index is 0.469. The van der Waals surface area contributed by atoms with Gasteiger partial charge in [-0.15, -0.1) is 11.6 Å². The lowest BCUT2D eigenvalue weighted by Crippen LogP contribution is -2.24. The Morgan fingerprint density at radius 3 is 1.56 bits per heavy atom. The third-order valence-electron chi connectivity index (χ3n) is 6.69. The van der Waals surface area contributed by atoms with Crippen LogP contribution in [0.5, 0.6) is 0 Å². The average molecular weight is 690 g/mol. The zero-order valence-electron chi connectivity index (χ0n) is 25.3. The topological polar surface area (TPSA) is 68.1 Å². The summed E-state index contributed by atoms with van der Waals surface area (Å²) in [6.07, 6.45) is 5.84. The molecule has 0 aliphatic heterocycles. The molecule has 4 aromatic rings. The van der Waals surface area contributed by atoms with Crippen molar-refractivity contribution >= 4 is 63.8 Å². The Balaban J connectivity index is 0.000000252. The Labute approximate surface area is 281 Å². The summed E-state index contributed by atoms with van der Waals surface area (Å²) in [5, 5.41) is 10.8. The molecule has 0 saturated heterocycles. The summed E-state index contributed by atoms with van der Waals surface area (Å²) in [6, 6.07) is 14.6. The Hall–Kier alpha value is -1.97. The molecule has 0 spiro atoms. The number of alkyl halides is 1. The highest BCUT2D eigenvalue weighted by Crippen LogP contribution is 2.25. The second kappa shape index (κ2) is 20.1. The second-order valence-corrected chi connectivity index (χ2v) is 11.5. The third-order valence-corrected chi connectivity index (χ3v) is 8.33. The zero-order chi connectivity index (χ0) is 31.8. The van der Waals surface area contributed by atoms with E-state index in [-0.39, 0.29) is 0 Å². The van der Waals surface area contributed by atoms with Crippen LogP contribution in [0.15, 0.2) is 60.9 Å². The first kappa shape index (κ1) is 37.2. The van der Waals surface area contributed by atoms with E-state index in [1.165, 1.54) is 0 Å². The summed E-state index contributed by atoms with van der Waals surface area (Å²) >= 11 is 29.1. The van der Waals surface area contributed by atoms with Gasteiger partial charge in [-0.1, -0.05) is 74.1 Å². The first-order valence-corrected chi connectivity index (χ1v) is 16.5. The summed E-state index contributed by atoms with van der Waals surface area (Å²) < 4.78 is 3.48. The summed E-state index contributed by atoms with van der Waals surface area (Å²) in [7, 11) is 0. The SMILES string of the molecule is CCN(CC)CCCc1ccn(-c2ccc(Cl)c(Cl)c2)n1.CCN(CC)CCCl.Nc1ccn(-c2ccc(Cl)c(Cl)c2)n1. The lowest BCUT2D eigenvalue weighted by molar-refractivity contribution is 0.299. The molecule has 0 bridgehead atoms. The molecule has 12 heteroatoms. The van der Waals surface area contributed by atoms with Crippen LogP contribution in [0.25, 0.3) is 11.4 Å². The number of anilines is 1. The van der Waals surface area contributed by atoms with E-state index < -0.39 is 0 Å². The van der Waals surface area contributed by atoms with Crippen molar-refractivity contribution in [1.29, 1.82) is 0 Å². The van der Waals surface area contributed by atoms with Gasteiger partial charge in [0, 0.05) is 30.9 Å². The molecule has 0 saturated carbocycles. The van der Waals surface area contributed by atoms with Gasteiger partial charge < -0.3 is 15.5 Å². The predicted molar refractivity (Wildman–Crippen MR) is 186 cm³/mol. The van der Waals surface area contributed by atoms with Crippen molar-refractivity contribution in [2.75, 3.05) is 50.9 Å². The molecular formula is C31H42Cl5N7. The zero-order valence-corrected chi connectivity index (χ0v) is 29.1. The predicted octanol–water partition coefficient (Wildman–Crippen LogP) is 8.78. The highest BCUT2D eigenvalue weighted by atomic mass is 35.5. The van der Waals surface area contributed by atoms with Gasteiger partial charge in [-0.3, -0.25) is 0 Å². The fourth-order valence-electron chi connectivity index (χ4n) is 4.06. The van der Waals surface area contributed by atoms with Crippen LogP contribution in [0.4, 0.5) is 5.82 Å². The van der Waals surface area contributed by atoms with Crippen molar-refractivity contribution < 1.29 is 0 Å². The van der Waals surface area contributed by atoms with E-state index >= 15 is 0 Å². The minimum absolute atomic E-state index is 0.469. The normalized spacial score (nSPS) is 10.9. The molecule has 2 aromatic heterocycles. The first-order chi connectivity index (χ1) is 20.6. The Morgan fingerprint density at radius 2 is 1.14 bits per heavy atom. The van der Waals surface area contributed by atoms with Crippen molar-refractivity contribution in [3.05, 3.63) is 86.7 Å². The maximum absolute atomic E-state index is 6.04. The van der Waals surface area contributed by atoms with Crippen LogP contribution in [0.1, 0.15) is 39.8 Å². The molecule has 4 rings (SSSR count). The number of nitrogens with zero attached hydrogens (tertiary/aromatic N) is 6. The van der Waals surface area contributed by atoms with Crippen LogP contribution in [0.3, 0.4) is 0 Å². The van der Waals surface area contributed by atoms with Crippen molar-refractivity contribution in [2.45, 2.75) is 40.5 Å². The number of halogens is 5. The average Bonchev–Trinajstić information content (AvgIpc) is 3.67. The molecule has 0 fully saturated rings. The van der Waals surface area contributed by atoms with Gasteiger partial charge in [0.2, 0.25) is 0 Å². The van der Waals surface area contributed by atoms with Gasteiger partial charge in [0.05, 0.1) is 37.2 Å². The van der Waals surface area contributed by atoms with Crippen LogP contribution in [-0.4, -0.2) is 74.5 Å². The summed E-state index contributed by atoms with van der Waals surface area (Å²) in [4.78, 5) is 4.73. The molecular weight excluding hydrogens is 648 g/mol. The van der Waals surface area contributed by atoms with E-state index in [9.17, 15) is 0 Å². The first-order valence-electron chi connectivity index (χ1n) is 14.4. The van der Waals surface area contributed by atoms with Crippen molar-refractivity contribution in [2.24, 2.45) is 0 Å². The number of rotatable bonds is 12. The quantitative estimate of drug-likeness (QED) is 0.151.